The van der Waals surface area contributed by atoms with Gasteiger partial charge < -0.3 is 20.8 Å². The largest absolute Gasteiger partial charge is 0.390 e. The van der Waals surface area contributed by atoms with Gasteiger partial charge in [-0.3, -0.25) is 9.59 Å². The Hall–Kier alpha value is -3.14. The van der Waals surface area contributed by atoms with Gasteiger partial charge in [0.2, 0.25) is 20.0 Å². The SMILES string of the molecule is C=CCN(C[C@@H](O)CNc1ccc(NC[C@@H](O)CNS(C)(=O)=O)c2c1C(=O)c1ccccc1C2=O)S(C)(=O)=O. The minimum Gasteiger partial charge on any atom is -0.390 e. The molecule has 0 fully saturated rings. The molecule has 5 N–H and O–H groups in total. The fourth-order valence-corrected chi connectivity index (χ4v) is 5.40. The van der Waals surface area contributed by atoms with E-state index < -0.39 is 43.8 Å². The lowest BCUT2D eigenvalue weighted by atomic mass is 9.82. The van der Waals surface area contributed by atoms with E-state index in [1.54, 1.807) is 12.1 Å². The van der Waals surface area contributed by atoms with Crippen molar-refractivity contribution in [2.24, 2.45) is 0 Å². The number of hydrogen-bond donors (Lipinski definition) is 5. The summed E-state index contributed by atoms with van der Waals surface area (Å²) in [4.78, 5) is 27.0. The molecule has 14 heteroatoms. The number of nitrogens with one attached hydrogen (secondary N) is 3. The van der Waals surface area contributed by atoms with Crippen LogP contribution in [0, 0.1) is 0 Å². The van der Waals surface area contributed by atoms with Crippen molar-refractivity contribution in [2.45, 2.75) is 12.2 Å². The van der Waals surface area contributed by atoms with Crippen LogP contribution >= 0.6 is 0 Å². The molecular weight excluding hydrogens is 548 g/mol. The molecule has 0 saturated heterocycles. The third-order valence-electron chi connectivity index (χ3n) is 5.93. The minimum atomic E-state index is -3.59. The van der Waals surface area contributed by atoms with E-state index in [0.717, 1.165) is 16.8 Å². The zero-order valence-electron chi connectivity index (χ0n) is 21.5. The van der Waals surface area contributed by atoms with Gasteiger partial charge in [0.05, 0.1) is 35.8 Å². The number of nitrogens with zero attached hydrogens (tertiary/aromatic N) is 1. The average Bonchev–Trinajstić information content (AvgIpc) is 2.86. The fraction of sp³-hybridized carbons (Fsp3) is 0.360. The second-order valence-corrected chi connectivity index (χ2v) is 13.0. The van der Waals surface area contributed by atoms with Crippen LogP contribution in [0.1, 0.15) is 31.8 Å². The van der Waals surface area contributed by atoms with E-state index in [1.807, 2.05) is 0 Å². The van der Waals surface area contributed by atoms with E-state index in [2.05, 4.69) is 21.9 Å². The van der Waals surface area contributed by atoms with Gasteiger partial charge in [-0.25, -0.2) is 21.6 Å². The van der Waals surface area contributed by atoms with E-state index >= 15 is 0 Å². The third-order valence-corrected chi connectivity index (χ3v) is 7.86. The summed E-state index contributed by atoms with van der Waals surface area (Å²) in [5.74, 6) is -0.852. The van der Waals surface area contributed by atoms with Gasteiger partial charge in [-0.15, -0.1) is 6.58 Å². The highest BCUT2D eigenvalue weighted by Crippen LogP contribution is 2.36. The van der Waals surface area contributed by atoms with Crippen molar-refractivity contribution in [3.8, 4) is 0 Å². The molecule has 1 aliphatic carbocycles. The number of hydrogen-bond acceptors (Lipinski definition) is 10. The van der Waals surface area contributed by atoms with Crippen LogP contribution in [0.15, 0.2) is 49.1 Å². The fourth-order valence-electron chi connectivity index (χ4n) is 4.08. The molecule has 0 radical (unpaired) electrons. The quantitative estimate of drug-likeness (QED) is 0.163. The van der Waals surface area contributed by atoms with E-state index in [0.29, 0.717) is 0 Å². The van der Waals surface area contributed by atoms with Crippen LogP contribution in [0.3, 0.4) is 0 Å². The van der Waals surface area contributed by atoms with Gasteiger partial charge in [0.25, 0.3) is 0 Å². The second-order valence-electron chi connectivity index (χ2n) is 9.17. The molecule has 0 spiro atoms. The van der Waals surface area contributed by atoms with Crippen molar-refractivity contribution < 1.29 is 36.6 Å². The van der Waals surface area contributed by atoms with Gasteiger partial charge in [-0.05, 0) is 12.1 Å². The summed E-state index contributed by atoms with van der Waals surface area (Å²) in [6.07, 6.45) is 1.12. The first-order valence-electron chi connectivity index (χ1n) is 11.9. The maximum Gasteiger partial charge on any atom is 0.211 e. The Labute approximate surface area is 227 Å². The van der Waals surface area contributed by atoms with Gasteiger partial charge in [-0.1, -0.05) is 30.3 Å². The highest BCUT2D eigenvalue weighted by molar-refractivity contribution is 7.88. The molecule has 212 valence electrons. The van der Waals surface area contributed by atoms with Crippen LogP contribution in [-0.4, -0.2) is 100 Å². The number of benzene rings is 2. The van der Waals surface area contributed by atoms with E-state index in [4.69, 9.17) is 0 Å². The highest BCUT2D eigenvalue weighted by Gasteiger charge is 2.34. The molecule has 0 aliphatic heterocycles. The van der Waals surface area contributed by atoms with Gasteiger partial charge in [0, 0.05) is 55.2 Å². The number of carbonyl (C=O) groups excluding carboxylic acids is 2. The van der Waals surface area contributed by atoms with E-state index in [9.17, 15) is 36.6 Å². The molecule has 2 aromatic carbocycles. The molecule has 2 aromatic rings. The average molecular weight is 581 g/mol. The number of aliphatic hydroxyl groups excluding tert-OH is 2. The predicted octanol–water partition coefficient (Wildman–Crippen LogP) is 0.00440. The molecule has 0 unspecified atom stereocenters. The third kappa shape index (κ3) is 7.71. The van der Waals surface area contributed by atoms with Crippen molar-refractivity contribution >= 4 is 43.0 Å². The number of rotatable bonds is 14. The standard InChI is InChI=1S/C25H32N4O8S2/c1-4-11-29(39(3,36)37)15-17(31)13-27-21-10-9-20(26-12-16(30)14-28-38(2,34)35)22-23(21)25(33)19-8-6-5-7-18(19)24(22)32/h4-10,16-17,26-28,30-31H,1,11-15H2,2-3H3/t16-,17+/m1/s1. The molecule has 0 aromatic heterocycles. The topological polar surface area (TPSA) is 182 Å². The number of ketones is 2. The minimum absolute atomic E-state index is 0.0149. The van der Waals surface area contributed by atoms with Crippen LogP contribution in [0.25, 0.3) is 0 Å². The van der Waals surface area contributed by atoms with Crippen LogP contribution in [0.2, 0.25) is 0 Å². The van der Waals surface area contributed by atoms with Crippen LogP contribution in [0.5, 0.6) is 0 Å². The van der Waals surface area contributed by atoms with Gasteiger partial charge in [-0.2, -0.15) is 4.31 Å². The summed E-state index contributed by atoms with van der Waals surface area (Å²) in [5.41, 5.74) is 1.06. The van der Waals surface area contributed by atoms with E-state index in [-0.39, 0.29) is 66.4 Å². The molecule has 3 rings (SSSR count). The van der Waals surface area contributed by atoms with Gasteiger partial charge in [0.15, 0.2) is 11.6 Å². The highest BCUT2D eigenvalue weighted by atomic mass is 32.2. The summed E-state index contributed by atoms with van der Waals surface area (Å²) in [6.45, 7) is 2.84. The number of aliphatic hydroxyl groups is 2. The molecule has 0 heterocycles. The van der Waals surface area contributed by atoms with Crippen molar-refractivity contribution in [2.75, 3.05) is 55.9 Å². The lowest BCUT2D eigenvalue weighted by molar-refractivity contribution is 0.0980. The summed E-state index contributed by atoms with van der Waals surface area (Å²) >= 11 is 0. The van der Waals surface area contributed by atoms with Crippen LogP contribution in [-0.2, 0) is 20.0 Å². The maximum absolute atomic E-state index is 13.5. The lowest BCUT2D eigenvalue weighted by Crippen LogP contribution is -2.39. The van der Waals surface area contributed by atoms with Crippen molar-refractivity contribution in [1.29, 1.82) is 0 Å². The van der Waals surface area contributed by atoms with Crippen molar-refractivity contribution in [3.05, 3.63) is 71.3 Å². The molecule has 0 bridgehead atoms. The Morgan fingerprint density at radius 1 is 0.846 bits per heavy atom. The van der Waals surface area contributed by atoms with Gasteiger partial charge in [0.1, 0.15) is 0 Å². The Balaban J connectivity index is 1.89. The first-order valence-corrected chi connectivity index (χ1v) is 15.7. The lowest BCUT2D eigenvalue weighted by Gasteiger charge is -2.26. The molecule has 0 saturated carbocycles. The van der Waals surface area contributed by atoms with Crippen LogP contribution in [0.4, 0.5) is 11.4 Å². The Bertz CT molecular complexity index is 1470. The zero-order valence-corrected chi connectivity index (χ0v) is 23.2. The van der Waals surface area contributed by atoms with Crippen LogP contribution < -0.4 is 15.4 Å². The normalized spacial score (nSPS) is 14.9. The Kier molecular flexibility index (Phi) is 9.64. The summed E-state index contributed by atoms with van der Waals surface area (Å²) in [5, 5.41) is 26.6. The molecule has 1 aliphatic rings. The maximum atomic E-state index is 13.5. The molecule has 12 nitrogen and oxygen atoms in total. The van der Waals surface area contributed by atoms with E-state index in [1.165, 1.54) is 30.3 Å². The second kappa shape index (κ2) is 12.4. The molecule has 39 heavy (non-hydrogen) atoms. The molecule has 0 amide bonds. The number of sulfonamides is 2. The number of carbonyl (C=O) groups is 2. The summed E-state index contributed by atoms with van der Waals surface area (Å²) in [7, 11) is -7.10. The summed E-state index contributed by atoms with van der Waals surface area (Å²) < 4.78 is 49.8. The van der Waals surface area contributed by atoms with Crippen molar-refractivity contribution in [3.63, 3.8) is 0 Å². The first-order chi connectivity index (χ1) is 18.2. The Morgan fingerprint density at radius 3 is 1.77 bits per heavy atom. The van der Waals surface area contributed by atoms with Crippen molar-refractivity contribution in [1.82, 2.24) is 9.03 Å². The Morgan fingerprint density at radius 2 is 1.33 bits per heavy atom. The summed E-state index contributed by atoms with van der Waals surface area (Å²) in [6, 6.07) is 9.42. The van der Waals surface area contributed by atoms with Gasteiger partial charge >= 0.3 is 0 Å². The monoisotopic (exact) mass is 580 g/mol. The smallest absolute Gasteiger partial charge is 0.211 e. The first kappa shape index (κ1) is 30.4. The number of fused-ring (bicyclic) bond motifs is 2. The predicted molar refractivity (Wildman–Crippen MR) is 148 cm³/mol. The number of anilines is 2. The molecular formula is C25H32N4O8S2. The molecule has 2 atom stereocenters. The zero-order chi connectivity index (χ0) is 29.0.